The van der Waals surface area contributed by atoms with Gasteiger partial charge in [0, 0.05) is 18.5 Å². The Hall–Kier alpha value is -1.39. The highest BCUT2D eigenvalue weighted by atomic mass is 16.1. The summed E-state index contributed by atoms with van der Waals surface area (Å²) >= 11 is 0. The smallest absolute Gasteiger partial charge is 0.235 e. The molecule has 17 heavy (non-hydrogen) atoms. The Morgan fingerprint density at radius 1 is 1.35 bits per heavy atom. The highest BCUT2D eigenvalue weighted by Gasteiger charge is 2.20. The number of nitrogens with two attached hydrogens (primary N) is 2. The molecular formula is C13H21N3O. The standard InChI is InChI=1S/C13H21N3O/c1-13(2,10-6-4-3-5-7-10)9-16-8-11(14)12(15)17/h3-7,11,16H,8-9,14H2,1-2H3,(H2,15,17). The molecule has 94 valence electrons. The van der Waals surface area contributed by atoms with Crippen LogP contribution in [0.25, 0.3) is 0 Å². The summed E-state index contributed by atoms with van der Waals surface area (Å²) in [6.07, 6.45) is 0. The zero-order valence-electron chi connectivity index (χ0n) is 10.4. The summed E-state index contributed by atoms with van der Waals surface area (Å²) in [6, 6.07) is 9.60. The maximum atomic E-state index is 10.8. The number of nitrogens with one attached hydrogen (secondary N) is 1. The molecule has 1 atom stereocenters. The Bertz CT molecular complexity index is 362. The third kappa shape index (κ3) is 4.17. The van der Waals surface area contributed by atoms with Gasteiger partial charge in [-0.05, 0) is 5.56 Å². The summed E-state index contributed by atoms with van der Waals surface area (Å²) in [4.78, 5) is 10.8. The second-order valence-electron chi connectivity index (χ2n) is 4.89. The van der Waals surface area contributed by atoms with Crippen LogP contribution in [0.1, 0.15) is 19.4 Å². The Kier molecular flexibility index (Phi) is 4.66. The molecule has 0 spiro atoms. The lowest BCUT2D eigenvalue weighted by molar-refractivity contribution is -0.119. The van der Waals surface area contributed by atoms with Crippen molar-refractivity contribution >= 4 is 5.91 Å². The van der Waals surface area contributed by atoms with Gasteiger partial charge in [0.1, 0.15) is 0 Å². The minimum Gasteiger partial charge on any atom is -0.368 e. The molecule has 0 aliphatic heterocycles. The van der Waals surface area contributed by atoms with Gasteiger partial charge in [-0.15, -0.1) is 0 Å². The fraction of sp³-hybridized carbons (Fsp3) is 0.462. The molecule has 0 aliphatic rings. The quantitative estimate of drug-likeness (QED) is 0.666. The van der Waals surface area contributed by atoms with Crippen LogP contribution >= 0.6 is 0 Å². The molecule has 0 radical (unpaired) electrons. The van der Waals surface area contributed by atoms with Crippen LogP contribution in [0.2, 0.25) is 0 Å². The molecule has 0 aromatic heterocycles. The van der Waals surface area contributed by atoms with E-state index in [9.17, 15) is 4.79 Å². The van der Waals surface area contributed by atoms with Crippen molar-refractivity contribution in [3.05, 3.63) is 35.9 Å². The van der Waals surface area contributed by atoms with E-state index in [2.05, 4.69) is 31.3 Å². The Balaban J connectivity index is 2.48. The van der Waals surface area contributed by atoms with Gasteiger partial charge >= 0.3 is 0 Å². The topological polar surface area (TPSA) is 81.1 Å². The lowest BCUT2D eigenvalue weighted by atomic mass is 9.84. The van der Waals surface area contributed by atoms with Crippen molar-refractivity contribution in [2.24, 2.45) is 11.5 Å². The van der Waals surface area contributed by atoms with Gasteiger partial charge in [-0.3, -0.25) is 4.79 Å². The normalized spacial score (nSPS) is 13.4. The van der Waals surface area contributed by atoms with Crippen LogP contribution in [-0.4, -0.2) is 25.0 Å². The maximum absolute atomic E-state index is 10.8. The van der Waals surface area contributed by atoms with Gasteiger partial charge in [0.25, 0.3) is 0 Å². The molecule has 0 fully saturated rings. The SMILES string of the molecule is CC(C)(CNCC(N)C(N)=O)c1ccccc1. The summed E-state index contributed by atoms with van der Waals surface area (Å²) in [5.74, 6) is -0.477. The predicted molar refractivity (Wildman–Crippen MR) is 69.5 cm³/mol. The van der Waals surface area contributed by atoms with E-state index in [-0.39, 0.29) is 5.41 Å². The van der Waals surface area contributed by atoms with Crippen molar-refractivity contribution < 1.29 is 4.79 Å². The summed E-state index contributed by atoms with van der Waals surface area (Å²) in [5.41, 5.74) is 11.9. The number of hydrogen-bond donors (Lipinski definition) is 3. The zero-order chi connectivity index (χ0) is 12.9. The third-order valence-electron chi connectivity index (χ3n) is 2.85. The lowest BCUT2D eigenvalue weighted by Gasteiger charge is -2.26. The van der Waals surface area contributed by atoms with E-state index in [1.807, 2.05) is 18.2 Å². The van der Waals surface area contributed by atoms with Crippen molar-refractivity contribution in [3.63, 3.8) is 0 Å². The van der Waals surface area contributed by atoms with Crippen molar-refractivity contribution in [1.82, 2.24) is 5.32 Å². The summed E-state index contributed by atoms with van der Waals surface area (Å²) in [7, 11) is 0. The minimum atomic E-state index is -0.624. The van der Waals surface area contributed by atoms with Gasteiger partial charge in [-0.2, -0.15) is 0 Å². The number of amides is 1. The molecule has 1 rings (SSSR count). The number of hydrogen-bond acceptors (Lipinski definition) is 3. The first-order valence-electron chi connectivity index (χ1n) is 5.74. The molecule has 1 amide bonds. The van der Waals surface area contributed by atoms with Crippen molar-refractivity contribution in [3.8, 4) is 0 Å². The van der Waals surface area contributed by atoms with Crippen LogP contribution in [0.4, 0.5) is 0 Å². The summed E-state index contributed by atoms with van der Waals surface area (Å²) in [6.45, 7) is 5.44. The molecule has 0 bridgehead atoms. The molecule has 4 nitrogen and oxygen atoms in total. The van der Waals surface area contributed by atoms with Gasteiger partial charge in [-0.25, -0.2) is 0 Å². The molecular weight excluding hydrogens is 214 g/mol. The van der Waals surface area contributed by atoms with Gasteiger partial charge in [0.2, 0.25) is 5.91 Å². The molecule has 0 saturated carbocycles. The van der Waals surface area contributed by atoms with Crippen LogP contribution in [0.5, 0.6) is 0 Å². The van der Waals surface area contributed by atoms with E-state index in [4.69, 9.17) is 11.5 Å². The largest absolute Gasteiger partial charge is 0.368 e. The number of carbonyl (C=O) groups excluding carboxylic acids is 1. The van der Waals surface area contributed by atoms with Gasteiger partial charge in [0.15, 0.2) is 0 Å². The van der Waals surface area contributed by atoms with E-state index in [0.29, 0.717) is 6.54 Å². The molecule has 0 heterocycles. The van der Waals surface area contributed by atoms with Crippen LogP contribution < -0.4 is 16.8 Å². The Morgan fingerprint density at radius 3 is 2.47 bits per heavy atom. The van der Waals surface area contributed by atoms with Crippen molar-refractivity contribution in [2.75, 3.05) is 13.1 Å². The molecule has 1 aromatic rings. The van der Waals surface area contributed by atoms with Crippen molar-refractivity contribution in [2.45, 2.75) is 25.3 Å². The first-order valence-corrected chi connectivity index (χ1v) is 5.74. The lowest BCUT2D eigenvalue weighted by Crippen LogP contribution is -2.46. The van der Waals surface area contributed by atoms with Crippen molar-refractivity contribution in [1.29, 1.82) is 0 Å². The molecule has 0 aliphatic carbocycles. The summed E-state index contributed by atoms with van der Waals surface area (Å²) < 4.78 is 0. The van der Waals surface area contributed by atoms with Crippen LogP contribution in [0, 0.1) is 0 Å². The van der Waals surface area contributed by atoms with Gasteiger partial charge in [0.05, 0.1) is 6.04 Å². The average Bonchev–Trinajstić information content (AvgIpc) is 2.29. The van der Waals surface area contributed by atoms with E-state index >= 15 is 0 Å². The van der Waals surface area contributed by atoms with E-state index in [1.54, 1.807) is 0 Å². The van der Waals surface area contributed by atoms with Gasteiger partial charge in [-0.1, -0.05) is 44.2 Å². The average molecular weight is 235 g/mol. The second-order valence-corrected chi connectivity index (χ2v) is 4.89. The first kappa shape index (κ1) is 13.7. The number of benzene rings is 1. The highest BCUT2D eigenvalue weighted by Crippen LogP contribution is 2.21. The number of rotatable bonds is 6. The molecule has 5 N–H and O–H groups in total. The monoisotopic (exact) mass is 235 g/mol. The third-order valence-corrected chi connectivity index (χ3v) is 2.85. The van der Waals surface area contributed by atoms with Gasteiger partial charge < -0.3 is 16.8 Å². The fourth-order valence-corrected chi connectivity index (χ4v) is 1.63. The van der Waals surface area contributed by atoms with E-state index in [1.165, 1.54) is 5.56 Å². The fourth-order valence-electron chi connectivity index (χ4n) is 1.63. The first-order chi connectivity index (χ1) is 7.93. The van der Waals surface area contributed by atoms with Crippen LogP contribution in [-0.2, 0) is 10.2 Å². The molecule has 1 aromatic carbocycles. The van der Waals surface area contributed by atoms with E-state index in [0.717, 1.165) is 6.54 Å². The number of carbonyl (C=O) groups is 1. The summed E-state index contributed by atoms with van der Waals surface area (Å²) in [5, 5.41) is 3.18. The number of primary amides is 1. The molecule has 1 unspecified atom stereocenters. The van der Waals surface area contributed by atoms with Crippen LogP contribution in [0.15, 0.2) is 30.3 Å². The maximum Gasteiger partial charge on any atom is 0.235 e. The highest BCUT2D eigenvalue weighted by molar-refractivity contribution is 5.79. The molecule has 4 heteroatoms. The minimum absolute atomic E-state index is 0.00136. The molecule has 0 saturated heterocycles. The van der Waals surface area contributed by atoms with Crippen LogP contribution in [0.3, 0.4) is 0 Å². The Labute approximate surface area is 102 Å². The zero-order valence-corrected chi connectivity index (χ0v) is 10.4. The Morgan fingerprint density at radius 2 is 1.94 bits per heavy atom. The predicted octanol–water partition coefficient (Wildman–Crippen LogP) is 0.366. The second kappa shape index (κ2) is 5.80. The van der Waals surface area contributed by atoms with E-state index < -0.39 is 11.9 Å².